The maximum Gasteiger partial charge on any atom is 0.0986 e. The number of benzene rings is 1. The summed E-state index contributed by atoms with van der Waals surface area (Å²) in [6, 6.07) is 6.14. The van der Waals surface area contributed by atoms with Gasteiger partial charge >= 0.3 is 0 Å². The Morgan fingerprint density at radius 2 is 2.10 bits per heavy atom. The van der Waals surface area contributed by atoms with Crippen LogP contribution < -0.4 is 0 Å². The van der Waals surface area contributed by atoms with Crippen LogP contribution in [0.3, 0.4) is 0 Å². The highest BCUT2D eigenvalue weighted by molar-refractivity contribution is 5.66. The van der Waals surface area contributed by atoms with Crippen molar-refractivity contribution in [2.24, 2.45) is 5.92 Å². The van der Waals surface area contributed by atoms with Gasteiger partial charge in [-0.1, -0.05) is 49.3 Å². The van der Waals surface area contributed by atoms with Crippen LogP contribution in [0.5, 0.6) is 0 Å². The van der Waals surface area contributed by atoms with Gasteiger partial charge in [-0.25, -0.2) is 0 Å². The maximum atomic E-state index is 10.6. The summed E-state index contributed by atoms with van der Waals surface area (Å²) in [5.74, 6) is 0.254. The minimum atomic E-state index is -0.536. The van der Waals surface area contributed by atoms with Crippen molar-refractivity contribution in [1.29, 1.82) is 0 Å². The molecule has 3 atom stereocenters. The van der Waals surface area contributed by atoms with Gasteiger partial charge in [0.1, 0.15) is 0 Å². The van der Waals surface area contributed by atoms with Crippen molar-refractivity contribution < 1.29 is 10.2 Å². The average Bonchev–Trinajstić information content (AvgIpc) is 2.38. The summed E-state index contributed by atoms with van der Waals surface area (Å²) < 4.78 is 0. The summed E-state index contributed by atoms with van der Waals surface area (Å²) in [5.41, 5.74) is 4.10. The van der Waals surface area contributed by atoms with Gasteiger partial charge in [-0.15, -0.1) is 0 Å². The van der Waals surface area contributed by atoms with Gasteiger partial charge in [0.2, 0.25) is 0 Å². The zero-order valence-corrected chi connectivity index (χ0v) is 13.3. The topological polar surface area (TPSA) is 40.5 Å². The molecule has 0 saturated heterocycles. The first-order chi connectivity index (χ1) is 9.93. The molecular weight excluding hydrogens is 260 g/mol. The lowest BCUT2D eigenvalue weighted by Crippen LogP contribution is -2.28. The Morgan fingerprint density at radius 1 is 1.38 bits per heavy atom. The average molecular weight is 286 g/mol. The van der Waals surface area contributed by atoms with Crippen molar-refractivity contribution in [2.45, 2.75) is 52.1 Å². The molecule has 1 aliphatic rings. The molecule has 1 aliphatic carbocycles. The third-order valence-electron chi connectivity index (χ3n) is 4.32. The fourth-order valence-corrected chi connectivity index (χ4v) is 3.32. The summed E-state index contributed by atoms with van der Waals surface area (Å²) in [6.07, 6.45) is 4.19. The van der Waals surface area contributed by atoms with E-state index in [1.807, 2.05) is 32.1 Å². The number of aliphatic hydroxyl groups excluding tert-OH is 2. The molecule has 0 aromatic heterocycles. The normalized spacial score (nSPS) is 25.5. The minimum absolute atomic E-state index is 0.277. The van der Waals surface area contributed by atoms with Gasteiger partial charge < -0.3 is 10.2 Å². The number of rotatable bonds is 4. The van der Waals surface area contributed by atoms with Crippen LogP contribution in [0.25, 0.3) is 5.57 Å². The van der Waals surface area contributed by atoms with E-state index in [4.69, 9.17) is 0 Å². The number of hydrogen-bond donors (Lipinski definition) is 2. The zero-order chi connectivity index (χ0) is 15.6. The van der Waals surface area contributed by atoms with E-state index in [2.05, 4.69) is 19.6 Å². The molecule has 21 heavy (non-hydrogen) atoms. The number of allylic oxidation sites excluding steroid dienone is 2. The lowest BCUT2D eigenvalue weighted by atomic mass is 9.77. The maximum absolute atomic E-state index is 10.6. The van der Waals surface area contributed by atoms with Crippen LogP contribution in [0.1, 0.15) is 55.7 Å². The molecule has 0 spiro atoms. The molecule has 1 aromatic rings. The standard InChI is InChI=1S/C19H26O2/c1-5-6-14-10-17(20)19(18(21)11-14)16-9-13(4)7-8-15(16)12(2)3/h7-10,14,18-21H,2,5-6,11H2,1,3-4H3. The molecule has 2 N–H and O–H groups in total. The summed E-state index contributed by atoms with van der Waals surface area (Å²) in [4.78, 5) is 0. The molecule has 114 valence electrons. The molecule has 2 rings (SSSR count). The highest BCUT2D eigenvalue weighted by atomic mass is 16.3. The van der Waals surface area contributed by atoms with E-state index >= 15 is 0 Å². The smallest absolute Gasteiger partial charge is 0.0986 e. The Bertz CT molecular complexity index is 557. The predicted octanol–water partition coefficient (Wildman–Crippen LogP) is 4.73. The van der Waals surface area contributed by atoms with Crippen LogP contribution in [-0.4, -0.2) is 16.3 Å². The number of hydrogen-bond acceptors (Lipinski definition) is 2. The summed E-state index contributed by atoms with van der Waals surface area (Å²) >= 11 is 0. The first-order valence-corrected chi connectivity index (χ1v) is 7.79. The molecule has 2 heteroatoms. The van der Waals surface area contributed by atoms with E-state index in [-0.39, 0.29) is 11.8 Å². The molecule has 0 saturated carbocycles. The van der Waals surface area contributed by atoms with E-state index in [9.17, 15) is 10.2 Å². The molecule has 0 bridgehead atoms. The number of aryl methyl sites for hydroxylation is 1. The fourth-order valence-electron chi connectivity index (χ4n) is 3.32. The highest BCUT2D eigenvalue weighted by Gasteiger charge is 2.33. The lowest BCUT2D eigenvalue weighted by Gasteiger charge is -2.32. The van der Waals surface area contributed by atoms with Crippen LogP contribution >= 0.6 is 0 Å². The van der Waals surface area contributed by atoms with Gasteiger partial charge in [0.25, 0.3) is 0 Å². The van der Waals surface area contributed by atoms with Crippen LogP contribution in [-0.2, 0) is 0 Å². The quantitative estimate of drug-likeness (QED) is 0.839. The molecule has 0 amide bonds. The third-order valence-corrected chi connectivity index (χ3v) is 4.32. The highest BCUT2D eigenvalue weighted by Crippen LogP contribution is 2.39. The van der Waals surface area contributed by atoms with Gasteiger partial charge in [0.05, 0.1) is 17.8 Å². The van der Waals surface area contributed by atoms with Gasteiger partial charge in [-0.3, -0.25) is 0 Å². The molecule has 2 nitrogen and oxygen atoms in total. The summed E-state index contributed by atoms with van der Waals surface area (Å²) in [7, 11) is 0. The molecule has 1 aromatic carbocycles. The van der Waals surface area contributed by atoms with E-state index in [0.29, 0.717) is 12.2 Å². The van der Waals surface area contributed by atoms with E-state index in [1.54, 1.807) is 0 Å². The van der Waals surface area contributed by atoms with E-state index in [1.165, 1.54) is 0 Å². The van der Waals surface area contributed by atoms with Crippen LogP contribution in [0.15, 0.2) is 36.6 Å². The van der Waals surface area contributed by atoms with Gasteiger partial charge in [0.15, 0.2) is 0 Å². The molecule has 3 unspecified atom stereocenters. The SMILES string of the molecule is C=C(C)c1ccc(C)cc1C1C(O)=CC(CCC)CC1O. The monoisotopic (exact) mass is 286 g/mol. The Labute approximate surface area is 127 Å². The third kappa shape index (κ3) is 3.38. The van der Waals surface area contributed by atoms with E-state index < -0.39 is 6.10 Å². The molecule has 0 radical (unpaired) electrons. The Morgan fingerprint density at radius 3 is 2.67 bits per heavy atom. The zero-order valence-electron chi connectivity index (χ0n) is 13.3. The second-order valence-corrected chi connectivity index (χ2v) is 6.29. The van der Waals surface area contributed by atoms with Crippen molar-refractivity contribution in [3.8, 4) is 0 Å². The van der Waals surface area contributed by atoms with Crippen LogP contribution in [0.2, 0.25) is 0 Å². The summed E-state index contributed by atoms with van der Waals surface area (Å²) in [6.45, 7) is 10.1. The predicted molar refractivity (Wildman–Crippen MR) is 88.4 cm³/mol. The second kappa shape index (κ2) is 6.48. The number of aliphatic hydroxyl groups is 2. The van der Waals surface area contributed by atoms with Gasteiger partial charge in [-0.05, 0) is 49.8 Å². The molecule has 0 aliphatic heterocycles. The van der Waals surface area contributed by atoms with Crippen molar-refractivity contribution in [1.82, 2.24) is 0 Å². The Balaban J connectivity index is 2.44. The van der Waals surface area contributed by atoms with Crippen molar-refractivity contribution >= 4 is 5.57 Å². The van der Waals surface area contributed by atoms with Crippen molar-refractivity contribution in [2.75, 3.05) is 0 Å². The Hall–Kier alpha value is -1.54. The molecular formula is C19H26O2. The van der Waals surface area contributed by atoms with Crippen molar-refractivity contribution in [3.63, 3.8) is 0 Å². The fraction of sp³-hybridized carbons (Fsp3) is 0.474. The largest absolute Gasteiger partial charge is 0.512 e. The molecule has 0 heterocycles. The lowest BCUT2D eigenvalue weighted by molar-refractivity contribution is 0.0999. The first kappa shape index (κ1) is 15.8. The summed E-state index contributed by atoms with van der Waals surface area (Å²) in [5, 5.41) is 21.0. The van der Waals surface area contributed by atoms with Gasteiger partial charge in [0, 0.05) is 0 Å². The molecule has 0 fully saturated rings. The van der Waals surface area contributed by atoms with E-state index in [0.717, 1.165) is 35.1 Å². The van der Waals surface area contributed by atoms with Crippen LogP contribution in [0.4, 0.5) is 0 Å². The van der Waals surface area contributed by atoms with Crippen LogP contribution in [0, 0.1) is 12.8 Å². The minimum Gasteiger partial charge on any atom is -0.512 e. The van der Waals surface area contributed by atoms with Gasteiger partial charge in [-0.2, -0.15) is 0 Å². The second-order valence-electron chi connectivity index (χ2n) is 6.29. The van der Waals surface area contributed by atoms with Crippen molar-refractivity contribution in [3.05, 3.63) is 53.3 Å². The Kier molecular flexibility index (Phi) is 4.89. The first-order valence-electron chi connectivity index (χ1n) is 7.79.